The van der Waals surface area contributed by atoms with E-state index in [1.165, 1.54) is 25.1 Å². The molecule has 0 unspecified atom stereocenters. The van der Waals surface area contributed by atoms with Gasteiger partial charge in [0, 0.05) is 18.7 Å². The molecule has 1 heterocycles. The van der Waals surface area contributed by atoms with E-state index in [4.69, 9.17) is 4.74 Å². The number of nitro benzene ring substituents is 1. The Morgan fingerprint density at radius 3 is 2.58 bits per heavy atom. The van der Waals surface area contributed by atoms with Crippen molar-refractivity contribution < 1.29 is 19.2 Å². The molecule has 0 saturated carbocycles. The van der Waals surface area contributed by atoms with E-state index in [1.54, 1.807) is 31.6 Å². The number of anilines is 1. The molecular weight excluding hydrogens is 340 g/mol. The minimum Gasteiger partial charge on any atom is -0.452 e. The third kappa shape index (κ3) is 4.24. The van der Waals surface area contributed by atoms with Crippen molar-refractivity contribution in [2.24, 2.45) is 7.05 Å². The van der Waals surface area contributed by atoms with Crippen LogP contribution < -0.4 is 5.32 Å². The molecule has 2 rings (SSSR count). The van der Waals surface area contributed by atoms with Crippen molar-refractivity contribution in [3.8, 4) is 0 Å². The average molecular weight is 360 g/mol. The van der Waals surface area contributed by atoms with Crippen LogP contribution in [0.5, 0.6) is 0 Å². The molecule has 1 atom stereocenters. The first-order chi connectivity index (χ1) is 12.2. The van der Waals surface area contributed by atoms with Gasteiger partial charge in [-0.1, -0.05) is 18.2 Å². The molecule has 0 aliphatic carbocycles. The fourth-order valence-electron chi connectivity index (χ4n) is 2.47. The van der Waals surface area contributed by atoms with Crippen molar-refractivity contribution in [1.82, 2.24) is 9.78 Å². The minimum atomic E-state index is -1.05. The Bertz CT molecular complexity index is 859. The number of aromatic nitrogens is 2. The first-order valence-electron chi connectivity index (χ1n) is 7.93. The molecule has 0 spiro atoms. The Balaban J connectivity index is 2.01. The number of carbonyl (C=O) groups is 2. The van der Waals surface area contributed by atoms with Crippen LogP contribution in [-0.2, 0) is 27.8 Å². The summed E-state index contributed by atoms with van der Waals surface area (Å²) in [5.74, 6) is -1.22. The van der Waals surface area contributed by atoms with Gasteiger partial charge >= 0.3 is 5.97 Å². The number of hydrogen-bond donors (Lipinski definition) is 1. The van der Waals surface area contributed by atoms with Crippen LogP contribution >= 0.6 is 0 Å². The summed E-state index contributed by atoms with van der Waals surface area (Å²) in [6.45, 7) is 5.00. The highest BCUT2D eigenvalue weighted by molar-refractivity contribution is 5.96. The zero-order valence-electron chi connectivity index (χ0n) is 15.0. The fourth-order valence-corrected chi connectivity index (χ4v) is 2.47. The largest absolute Gasteiger partial charge is 0.452 e. The lowest BCUT2D eigenvalue weighted by Crippen LogP contribution is -2.30. The van der Waals surface area contributed by atoms with E-state index in [1.807, 2.05) is 0 Å². The number of nitrogens with one attached hydrogen (secondary N) is 1. The molecule has 0 saturated heterocycles. The van der Waals surface area contributed by atoms with Crippen LogP contribution in [0.2, 0.25) is 0 Å². The predicted molar refractivity (Wildman–Crippen MR) is 93.7 cm³/mol. The highest BCUT2D eigenvalue weighted by Gasteiger charge is 2.23. The van der Waals surface area contributed by atoms with Crippen LogP contribution in [0, 0.1) is 24.0 Å². The number of rotatable bonds is 6. The van der Waals surface area contributed by atoms with Gasteiger partial charge in [-0.2, -0.15) is 5.10 Å². The average Bonchev–Trinajstić information content (AvgIpc) is 2.81. The maximum absolute atomic E-state index is 12.3. The highest BCUT2D eigenvalue weighted by atomic mass is 16.6. The molecule has 1 aromatic carbocycles. The summed E-state index contributed by atoms with van der Waals surface area (Å²) < 4.78 is 6.74. The van der Waals surface area contributed by atoms with Crippen molar-refractivity contribution in [2.75, 3.05) is 5.32 Å². The quantitative estimate of drug-likeness (QED) is 0.479. The van der Waals surface area contributed by atoms with Crippen LogP contribution in [-0.4, -0.2) is 32.7 Å². The lowest BCUT2D eigenvalue weighted by atomic mass is 10.1. The number of esters is 1. The van der Waals surface area contributed by atoms with E-state index in [9.17, 15) is 19.7 Å². The van der Waals surface area contributed by atoms with Gasteiger partial charge in [-0.25, -0.2) is 0 Å². The number of para-hydroxylation sites is 1. The SMILES string of the molecule is Cc1nn(C)c(C)c1NC(=O)[C@@H](C)OC(=O)Cc1ccccc1[N+](=O)[O-]. The molecule has 1 amide bonds. The van der Waals surface area contributed by atoms with Crippen molar-refractivity contribution >= 4 is 23.3 Å². The number of hydrogen-bond acceptors (Lipinski definition) is 6. The van der Waals surface area contributed by atoms with Crippen LogP contribution in [0.4, 0.5) is 11.4 Å². The Morgan fingerprint density at radius 2 is 2.00 bits per heavy atom. The van der Waals surface area contributed by atoms with E-state index in [0.29, 0.717) is 11.4 Å². The summed E-state index contributed by atoms with van der Waals surface area (Å²) in [5, 5.41) is 17.9. The van der Waals surface area contributed by atoms with Crippen molar-refractivity contribution in [2.45, 2.75) is 33.3 Å². The van der Waals surface area contributed by atoms with E-state index < -0.39 is 22.9 Å². The topological polar surface area (TPSA) is 116 Å². The van der Waals surface area contributed by atoms with Crippen LogP contribution in [0.3, 0.4) is 0 Å². The molecule has 0 bridgehead atoms. The van der Waals surface area contributed by atoms with Crippen molar-refractivity contribution in [1.29, 1.82) is 0 Å². The summed E-state index contributed by atoms with van der Waals surface area (Å²) in [4.78, 5) is 34.7. The molecular formula is C17H20N4O5. The monoisotopic (exact) mass is 360 g/mol. The summed E-state index contributed by atoms with van der Waals surface area (Å²) in [6, 6.07) is 5.90. The lowest BCUT2D eigenvalue weighted by molar-refractivity contribution is -0.385. The van der Waals surface area contributed by atoms with Gasteiger partial charge < -0.3 is 10.1 Å². The smallest absolute Gasteiger partial charge is 0.311 e. The third-order valence-electron chi connectivity index (χ3n) is 3.96. The molecule has 26 heavy (non-hydrogen) atoms. The maximum Gasteiger partial charge on any atom is 0.311 e. The van der Waals surface area contributed by atoms with Gasteiger partial charge in [-0.05, 0) is 20.8 Å². The van der Waals surface area contributed by atoms with E-state index in [2.05, 4.69) is 10.4 Å². The molecule has 138 valence electrons. The standard InChI is InChI=1S/C17H20N4O5/c1-10-16(11(2)20(4)19-10)18-17(23)12(3)26-15(22)9-13-7-5-6-8-14(13)21(24)25/h5-8,12H,9H2,1-4H3,(H,18,23)/t12-/m1/s1. The van der Waals surface area contributed by atoms with E-state index in [0.717, 1.165) is 5.69 Å². The summed E-state index contributed by atoms with van der Waals surface area (Å²) in [5.41, 5.74) is 2.06. The second-order valence-corrected chi connectivity index (χ2v) is 5.85. The lowest BCUT2D eigenvalue weighted by Gasteiger charge is -2.14. The van der Waals surface area contributed by atoms with Crippen LogP contribution in [0.15, 0.2) is 24.3 Å². The molecule has 0 radical (unpaired) electrons. The Morgan fingerprint density at radius 1 is 1.35 bits per heavy atom. The zero-order valence-corrected chi connectivity index (χ0v) is 15.0. The first kappa shape index (κ1) is 19.1. The Labute approximate surface area is 150 Å². The second-order valence-electron chi connectivity index (χ2n) is 5.85. The summed E-state index contributed by atoms with van der Waals surface area (Å²) >= 11 is 0. The Kier molecular flexibility index (Phi) is 5.71. The van der Waals surface area contributed by atoms with Crippen LogP contribution in [0.1, 0.15) is 23.9 Å². The highest BCUT2D eigenvalue weighted by Crippen LogP contribution is 2.20. The van der Waals surface area contributed by atoms with E-state index in [-0.39, 0.29) is 17.7 Å². The zero-order chi connectivity index (χ0) is 19.4. The number of amides is 1. The second kappa shape index (κ2) is 7.77. The molecule has 1 N–H and O–H groups in total. The number of ether oxygens (including phenoxy) is 1. The van der Waals surface area contributed by atoms with E-state index >= 15 is 0 Å². The van der Waals surface area contributed by atoms with Gasteiger partial charge in [0.05, 0.1) is 28.4 Å². The normalized spacial score (nSPS) is 11.7. The Hall–Kier alpha value is -3.23. The molecule has 0 fully saturated rings. The van der Waals surface area contributed by atoms with Gasteiger partial charge in [-0.15, -0.1) is 0 Å². The summed E-state index contributed by atoms with van der Waals surface area (Å²) in [6.07, 6.45) is -1.34. The van der Waals surface area contributed by atoms with Crippen molar-refractivity contribution in [3.63, 3.8) is 0 Å². The van der Waals surface area contributed by atoms with Gasteiger partial charge in [0.2, 0.25) is 0 Å². The number of aryl methyl sites for hydroxylation is 2. The third-order valence-corrected chi connectivity index (χ3v) is 3.96. The molecule has 0 aliphatic heterocycles. The van der Waals surface area contributed by atoms with Crippen LogP contribution in [0.25, 0.3) is 0 Å². The van der Waals surface area contributed by atoms with Gasteiger partial charge in [0.1, 0.15) is 0 Å². The number of nitrogens with zero attached hydrogens (tertiary/aromatic N) is 3. The first-order valence-corrected chi connectivity index (χ1v) is 7.93. The predicted octanol–water partition coefficient (Wildman–Crippen LogP) is 2.06. The van der Waals surface area contributed by atoms with Gasteiger partial charge in [0.25, 0.3) is 11.6 Å². The summed E-state index contributed by atoms with van der Waals surface area (Å²) in [7, 11) is 1.76. The van der Waals surface area contributed by atoms with Crippen molar-refractivity contribution in [3.05, 3.63) is 51.3 Å². The number of nitro groups is 1. The number of benzene rings is 1. The molecule has 1 aromatic heterocycles. The fraction of sp³-hybridized carbons (Fsp3) is 0.353. The van der Waals surface area contributed by atoms with Gasteiger partial charge in [-0.3, -0.25) is 24.4 Å². The maximum atomic E-state index is 12.3. The number of carbonyl (C=O) groups excluding carboxylic acids is 2. The molecule has 0 aliphatic rings. The molecule has 9 heteroatoms. The molecule has 9 nitrogen and oxygen atoms in total. The molecule has 2 aromatic rings. The minimum absolute atomic E-state index is 0.164. The van der Waals surface area contributed by atoms with Gasteiger partial charge in [0.15, 0.2) is 6.10 Å².